The van der Waals surface area contributed by atoms with Gasteiger partial charge in [0, 0.05) is 23.2 Å². The van der Waals surface area contributed by atoms with E-state index in [0.29, 0.717) is 28.8 Å². The molecule has 1 N–H and O–H groups in total. The predicted octanol–water partition coefficient (Wildman–Crippen LogP) is 8.62. The number of carbonyl (C=O) groups excluding carboxylic acids is 1. The van der Waals surface area contributed by atoms with E-state index in [1.165, 1.54) is 57.7 Å². The van der Waals surface area contributed by atoms with Crippen LogP contribution in [0.1, 0.15) is 67.8 Å². The van der Waals surface area contributed by atoms with Crippen LogP contribution in [0.25, 0.3) is 22.8 Å². The van der Waals surface area contributed by atoms with E-state index < -0.39 is 6.36 Å². The molecule has 3 aromatic carbocycles. The topological polar surface area (TPSA) is 86.3 Å². The number of hydrogen-bond donors (Lipinski definition) is 1. The molecule has 12 heteroatoms. The Morgan fingerprint density at radius 3 is 2.43 bits per heavy atom. The van der Waals surface area contributed by atoms with Crippen molar-refractivity contribution in [1.82, 2.24) is 24.6 Å². The molecule has 0 spiro atoms. The van der Waals surface area contributed by atoms with Crippen molar-refractivity contribution in [3.8, 4) is 28.5 Å². The summed E-state index contributed by atoms with van der Waals surface area (Å²) in [4.78, 5) is 22.2. The largest absolute Gasteiger partial charge is 0.573 e. The first-order valence-electron chi connectivity index (χ1n) is 15.4. The number of halogens is 3. The van der Waals surface area contributed by atoms with Gasteiger partial charge in [-0.1, -0.05) is 57.2 Å². The number of thiazole rings is 1. The van der Waals surface area contributed by atoms with Crippen molar-refractivity contribution < 1.29 is 22.7 Å². The summed E-state index contributed by atoms with van der Waals surface area (Å²) < 4.78 is 44.8. The van der Waals surface area contributed by atoms with Gasteiger partial charge in [0.1, 0.15) is 12.1 Å². The fourth-order valence-electron chi connectivity index (χ4n) is 5.55. The van der Waals surface area contributed by atoms with Gasteiger partial charge in [0.15, 0.2) is 10.6 Å². The van der Waals surface area contributed by atoms with Crippen LogP contribution in [-0.2, 0) is 0 Å². The molecular formula is C35H37F3N6O2S. The number of carbonyl (C=O) groups is 1. The first kappa shape index (κ1) is 33.6. The van der Waals surface area contributed by atoms with E-state index in [1.807, 2.05) is 42.6 Å². The zero-order chi connectivity index (χ0) is 33.7. The molecule has 246 valence electrons. The third-order valence-corrected chi connectivity index (χ3v) is 8.79. The van der Waals surface area contributed by atoms with Crippen molar-refractivity contribution in [3.63, 3.8) is 0 Å². The molecule has 0 aliphatic carbocycles. The maximum absolute atomic E-state index is 12.8. The summed E-state index contributed by atoms with van der Waals surface area (Å²) in [6.45, 7) is 11.1. The van der Waals surface area contributed by atoms with E-state index >= 15 is 0 Å². The molecule has 5 aromatic rings. The van der Waals surface area contributed by atoms with Crippen LogP contribution in [0, 0.1) is 13.8 Å². The van der Waals surface area contributed by atoms with E-state index in [1.54, 1.807) is 0 Å². The van der Waals surface area contributed by atoms with Crippen molar-refractivity contribution in [1.29, 1.82) is 0 Å². The first-order valence-corrected chi connectivity index (χ1v) is 16.3. The van der Waals surface area contributed by atoms with Crippen molar-refractivity contribution >= 4 is 17.4 Å². The molecule has 0 saturated carbocycles. The Balaban J connectivity index is 1.15. The molecule has 0 saturated heterocycles. The number of urea groups is 1. The van der Waals surface area contributed by atoms with Crippen LogP contribution in [-0.4, -0.2) is 38.3 Å². The Hall–Kier alpha value is -4.71. The molecule has 2 heterocycles. The number of rotatable bonds is 10. The van der Waals surface area contributed by atoms with Gasteiger partial charge in [0.05, 0.1) is 11.4 Å². The number of nitrogens with one attached hydrogen (secondary N) is 1. The molecule has 0 aliphatic rings. The first-order chi connectivity index (χ1) is 22.4. The average Bonchev–Trinajstić information content (AvgIpc) is 3.65. The molecule has 0 radical (unpaired) electrons. The zero-order valence-electron chi connectivity index (χ0n) is 26.9. The maximum Gasteiger partial charge on any atom is 0.573 e. The summed E-state index contributed by atoms with van der Waals surface area (Å²) in [5.74, 6) is 0.789. The van der Waals surface area contributed by atoms with Crippen molar-refractivity contribution in [2.24, 2.45) is 4.99 Å². The molecule has 2 amide bonds. The van der Waals surface area contributed by atoms with Crippen LogP contribution in [0.4, 0.5) is 18.0 Å². The van der Waals surface area contributed by atoms with Crippen LogP contribution in [0.15, 0.2) is 83.4 Å². The minimum atomic E-state index is -4.74. The van der Waals surface area contributed by atoms with Crippen molar-refractivity contribution in [3.05, 3.63) is 106 Å². The SMILES string of the molecule is Cc1cccc(-n2c(C)cs/c2=N\C(=O)NCCCC(C)c2ccc(-c3ncn(-c4ccc(OC(F)(F)F)cc4)n3)cc2)c1C(C)C. The van der Waals surface area contributed by atoms with Crippen LogP contribution in [0.5, 0.6) is 5.75 Å². The summed E-state index contributed by atoms with van der Waals surface area (Å²) >= 11 is 1.46. The molecule has 1 unspecified atom stereocenters. The average molecular weight is 663 g/mol. The van der Waals surface area contributed by atoms with Gasteiger partial charge in [-0.25, -0.2) is 14.5 Å². The Bertz CT molecular complexity index is 1890. The Labute approximate surface area is 275 Å². The van der Waals surface area contributed by atoms with E-state index in [-0.39, 0.29) is 17.7 Å². The lowest BCUT2D eigenvalue weighted by atomic mass is 9.95. The zero-order valence-corrected chi connectivity index (χ0v) is 27.7. The summed E-state index contributed by atoms with van der Waals surface area (Å²) in [5.41, 5.74) is 7.08. The van der Waals surface area contributed by atoms with Gasteiger partial charge >= 0.3 is 12.4 Å². The highest BCUT2D eigenvalue weighted by atomic mass is 32.1. The second-order valence-corrected chi connectivity index (χ2v) is 12.6. The van der Waals surface area contributed by atoms with E-state index in [2.05, 4.69) is 69.5 Å². The molecular weight excluding hydrogens is 625 g/mol. The fourth-order valence-corrected chi connectivity index (χ4v) is 6.42. The second kappa shape index (κ2) is 14.4. The smallest absolute Gasteiger partial charge is 0.406 e. The number of benzene rings is 3. The lowest BCUT2D eigenvalue weighted by Gasteiger charge is -2.17. The molecule has 5 rings (SSSR count). The summed E-state index contributed by atoms with van der Waals surface area (Å²) in [5, 5.41) is 9.43. The minimum absolute atomic E-state index is 0.263. The number of nitrogens with zero attached hydrogens (tertiary/aromatic N) is 5. The molecule has 0 aliphatic heterocycles. The standard InChI is InChI=1S/C35H37F3N6O2S/c1-22(2)31-24(4)8-6-10-30(31)44-25(5)20-47-34(44)41-33(45)39-19-7-9-23(3)26-11-13-27(14-12-26)32-40-21-43(42-32)28-15-17-29(18-16-28)46-35(36,37)38/h6,8,10-18,20-23H,7,9,19H2,1-5H3,(H,39,45)/b41-34-. The van der Waals surface area contributed by atoms with Gasteiger partial charge in [0.25, 0.3) is 0 Å². The van der Waals surface area contributed by atoms with Crippen LogP contribution in [0.3, 0.4) is 0 Å². The predicted molar refractivity (Wildman–Crippen MR) is 177 cm³/mol. The molecule has 8 nitrogen and oxygen atoms in total. The van der Waals surface area contributed by atoms with Gasteiger partial charge < -0.3 is 10.1 Å². The van der Waals surface area contributed by atoms with Gasteiger partial charge in [-0.2, -0.15) is 4.99 Å². The monoisotopic (exact) mass is 662 g/mol. The second-order valence-electron chi connectivity index (χ2n) is 11.7. The molecule has 2 aromatic heterocycles. The minimum Gasteiger partial charge on any atom is -0.406 e. The Morgan fingerprint density at radius 1 is 1.02 bits per heavy atom. The van der Waals surface area contributed by atoms with E-state index in [4.69, 9.17) is 0 Å². The van der Waals surface area contributed by atoms with Gasteiger partial charge in [-0.3, -0.25) is 4.57 Å². The van der Waals surface area contributed by atoms with Crippen LogP contribution >= 0.6 is 11.3 Å². The lowest BCUT2D eigenvalue weighted by molar-refractivity contribution is -0.274. The summed E-state index contributed by atoms with van der Waals surface area (Å²) in [6, 6.07) is 19.3. The molecule has 47 heavy (non-hydrogen) atoms. The number of alkyl halides is 3. The van der Waals surface area contributed by atoms with Crippen molar-refractivity contribution in [2.45, 2.75) is 65.7 Å². The fraction of sp³-hybridized carbons (Fsp3) is 0.314. The number of ether oxygens (including phenoxy) is 1. The number of amides is 2. The molecule has 0 fully saturated rings. The third kappa shape index (κ3) is 8.37. The maximum atomic E-state index is 12.8. The Morgan fingerprint density at radius 2 is 1.74 bits per heavy atom. The highest BCUT2D eigenvalue weighted by Gasteiger charge is 2.31. The lowest BCUT2D eigenvalue weighted by Crippen LogP contribution is -2.26. The van der Waals surface area contributed by atoms with Gasteiger partial charge in [0.2, 0.25) is 0 Å². The van der Waals surface area contributed by atoms with Gasteiger partial charge in [-0.15, -0.1) is 29.6 Å². The highest BCUT2D eigenvalue weighted by molar-refractivity contribution is 7.07. The number of aryl methyl sites for hydroxylation is 2. The summed E-state index contributed by atoms with van der Waals surface area (Å²) in [6.07, 6.45) is -1.57. The third-order valence-electron chi connectivity index (χ3n) is 7.85. The molecule has 1 atom stereocenters. The quantitative estimate of drug-likeness (QED) is 0.152. The number of aromatic nitrogens is 4. The van der Waals surface area contributed by atoms with E-state index in [0.717, 1.165) is 35.3 Å². The normalized spacial score (nSPS) is 12.8. The number of hydrogen-bond acceptors (Lipinski definition) is 5. The summed E-state index contributed by atoms with van der Waals surface area (Å²) in [7, 11) is 0. The Kier molecular flexibility index (Phi) is 10.3. The van der Waals surface area contributed by atoms with E-state index in [9.17, 15) is 18.0 Å². The van der Waals surface area contributed by atoms with Gasteiger partial charge in [-0.05, 0) is 85.5 Å². The van der Waals surface area contributed by atoms with Crippen LogP contribution < -0.4 is 14.9 Å². The van der Waals surface area contributed by atoms with Crippen LogP contribution in [0.2, 0.25) is 0 Å². The molecule has 0 bridgehead atoms. The highest BCUT2D eigenvalue weighted by Crippen LogP contribution is 2.28. The van der Waals surface area contributed by atoms with Crippen molar-refractivity contribution in [2.75, 3.05) is 6.54 Å².